The van der Waals surface area contributed by atoms with Gasteiger partial charge in [0.2, 0.25) is 0 Å². The second-order valence-corrected chi connectivity index (χ2v) is 5.29. The predicted octanol–water partition coefficient (Wildman–Crippen LogP) is 2.33. The van der Waals surface area contributed by atoms with E-state index in [1.165, 1.54) is 4.68 Å². The van der Waals surface area contributed by atoms with Crippen LogP contribution in [0, 0.1) is 0 Å². The third-order valence-corrected chi connectivity index (χ3v) is 3.87. The van der Waals surface area contributed by atoms with Gasteiger partial charge in [0.05, 0.1) is 12.1 Å². The Balaban J connectivity index is 1.96. The summed E-state index contributed by atoms with van der Waals surface area (Å²) in [6, 6.07) is 17.7. The van der Waals surface area contributed by atoms with Crippen LogP contribution in [0.1, 0.15) is 5.56 Å². The highest BCUT2D eigenvalue weighted by Crippen LogP contribution is 2.23. The minimum atomic E-state index is -0.331. The minimum absolute atomic E-state index is 0.331. The Labute approximate surface area is 126 Å². The summed E-state index contributed by atoms with van der Waals surface area (Å²) in [5.74, 6) is 0. The van der Waals surface area contributed by atoms with Crippen LogP contribution in [-0.2, 0) is 13.6 Å². The molecule has 0 aliphatic carbocycles. The third-order valence-electron chi connectivity index (χ3n) is 3.87. The largest absolute Gasteiger partial charge is 0.366 e. The molecule has 0 amide bonds. The van der Waals surface area contributed by atoms with Crippen LogP contribution in [0.15, 0.2) is 59.4 Å². The third kappa shape index (κ3) is 1.90. The molecular weight excluding hydrogens is 276 g/mol. The maximum absolute atomic E-state index is 12.2. The van der Waals surface area contributed by atoms with Crippen LogP contribution in [0.2, 0.25) is 0 Å². The van der Waals surface area contributed by atoms with E-state index >= 15 is 0 Å². The van der Waals surface area contributed by atoms with Gasteiger partial charge in [-0.1, -0.05) is 48.5 Å². The lowest BCUT2D eigenvalue weighted by molar-refractivity contribution is 0.630. The van der Waals surface area contributed by atoms with Gasteiger partial charge in [-0.3, -0.25) is 0 Å². The maximum atomic E-state index is 12.2. The number of para-hydroxylation sites is 1. The van der Waals surface area contributed by atoms with E-state index in [9.17, 15) is 4.79 Å². The van der Waals surface area contributed by atoms with Gasteiger partial charge in [-0.15, -0.1) is 0 Å². The highest BCUT2D eigenvalue weighted by atomic mass is 16.1. The second kappa shape index (κ2) is 4.80. The van der Waals surface area contributed by atoms with Crippen LogP contribution in [0.25, 0.3) is 22.1 Å². The molecule has 2 heterocycles. The van der Waals surface area contributed by atoms with Crippen LogP contribution in [-0.4, -0.2) is 19.3 Å². The fourth-order valence-corrected chi connectivity index (χ4v) is 2.76. The Hall–Kier alpha value is -2.95. The Morgan fingerprint density at radius 1 is 1.00 bits per heavy atom. The molecule has 0 aliphatic heterocycles. The second-order valence-electron chi connectivity index (χ2n) is 5.29. The van der Waals surface area contributed by atoms with E-state index < -0.39 is 0 Å². The summed E-state index contributed by atoms with van der Waals surface area (Å²) in [4.78, 5) is 16.5. The van der Waals surface area contributed by atoms with Crippen molar-refractivity contribution in [1.82, 2.24) is 19.3 Å². The minimum Gasteiger partial charge on any atom is -0.327 e. The van der Waals surface area contributed by atoms with E-state index in [1.807, 2.05) is 66.2 Å². The first-order valence-electron chi connectivity index (χ1n) is 7.10. The van der Waals surface area contributed by atoms with Crippen LogP contribution in [0.3, 0.4) is 0 Å². The molecule has 5 heteroatoms. The van der Waals surface area contributed by atoms with Gasteiger partial charge in [-0.25, -0.2) is 9.48 Å². The molecule has 0 fully saturated rings. The van der Waals surface area contributed by atoms with Gasteiger partial charge in [-0.2, -0.15) is 10.1 Å². The monoisotopic (exact) mass is 290 g/mol. The van der Waals surface area contributed by atoms with Crippen molar-refractivity contribution >= 4 is 22.1 Å². The number of benzene rings is 2. The van der Waals surface area contributed by atoms with E-state index in [-0.39, 0.29) is 5.69 Å². The average Bonchev–Trinajstić information content (AvgIpc) is 2.82. The zero-order chi connectivity index (χ0) is 15.1. The van der Waals surface area contributed by atoms with Crippen molar-refractivity contribution in [3.05, 3.63) is 70.6 Å². The lowest BCUT2D eigenvalue weighted by Crippen LogP contribution is -2.26. The van der Waals surface area contributed by atoms with Crippen molar-refractivity contribution in [2.45, 2.75) is 6.54 Å². The lowest BCUT2D eigenvalue weighted by Gasteiger charge is -2.04. The van der Waals surface area contributed by atoms with Crippen molar-refractivity contribution in [1.29, 1.82) is 0 Å². The average molecular weight is 290 g/mol. The van der Waals surface area contributed by atoms with Crippen molar-refractivity contribution < 1.29 is 0 Å². The first-order valence-corrected chi connectivity index (χ1v) is 7.10. The highest BCUT2D eigenvalue weighted by molar-refractivity contribution is 6.03. The molecule has 0 aliphatic rings. The van der Waals surface area contributed by atoms with Crippen LogP contribution >= 0.6 is 0 Å². The van der Waals surface area contributed by atoms with Crippen molar-refractivity contribution in [2.24, 2.45) is 7.05 Å². The predicted molar refractivity (Wildman–Crippen MR) is 85.8 cm³/mol. The molecule has 4 aromatic rings. The molecule has 108 valence electrons. The Bertz CT molecular complexity index is 1030. The van der Waals surface area contributed by atoms with Gasteiger partial charge in [0.1, 0.15) is 5.52 Å². The van der Waals surface area contributed by atoms with E-state index in [0.29, 0.717) is 12.2 Å². The number of aromatic nitrogens is 4. The van der Waals surface area contributed by atoms with E-state index in [4.69, 9.17) is 0 Å². The van der Waals surface area contributed by atoms with Crippen LogP contribution < -0.4 is 5.69 Å². The molecule has 22 heavy (non-hydrogen) atoms. The summed E-state index contributed by atoms with van der Waals surface area (Å²) < 4.78 is 3.33. The number of rotatable bonds is 2. The molecule has 0 radical (unpaired) electrons. The quantitative estimate of drug-likeness (QED) is 0.569. The fraction of sp³-hybridized carbons (Fsp3) is 0.118. The molecule has 0 unspecified atom stereocenters. The SMILES string of the molecule is Cn1c2ccccc2c2nn(Cc3ccccc3)c(=O)nc21. The van der Waals surface area contributed by atoms with E-state index in [2.05, 4.69) is 10.1 Å². The topological polar surface area (TPSA) is 52.7 Å². The van der Waals surface area contributed by atoms with Gasteiger partial charge >= 0.3 is 5.69 Å². The van der Waals surface area contributed by atoms with E-state index in [1.54, 1.807) is 0 Å². The normalized spacial score (nSPS) is 11.3. The Morgan fingerprint density at radius 3 is 2.55 bits per heavy atom. The molecule has 2 aromatic carbocycles. The Morgan fingerprint density at radius 2 is 1.73 bits per heavy atom. The maximum Gasteiger partial charge on any atom is 0.366 e. The summed E-state index contributed by atoms with van der Waals surface area (Å²) in [6.45, 7) is 0.422. The van der Waals surface area contributed by atoms with Gasteiger partial charge in [0.25, 0.3) is 0 Å². The molecular formula is C17H14N4O. The van der Waals surface area contributed by atoms with Gasteiger partial charge in [0.15, 0.2) is 5.65 Å². The molecule has 0 saturated carbocycles. The van der Waals surface area contributed by atoms with Gasteiger partial charge in [-0.05, 0) is 11.6 Å². The number of aryl methyl sites for hydroxylation is 1. The highest BCUT2D eigenvalue weighted by Gasteiger charge is 2.13. The molecule has 2 aromatic heterocycles. The molecule has 5 nitrogen and oxygen atoms in total. The standard InChI is InChI=1S/C17H14N4O/c1-20-14-10-6-5-9-13(14)15-16(20)18-17(22)21(19-15)11-12-7-3-2-4-8-12/h2-10H,11H2,1H3. The molecule has 0 atom stereocenters. The first-order chi connectivity index (χ1) is 10.7. The molecule has 0 spiro atoms. The summed E-state index contributed by atoms with van der Waals surface area (Å²) in [5.41, 5.74) is 3.10. The Kier molecular flexibility index (Phi) is 2.79. The number of hydrogen-bond acceptors (Lipinski definition) is 3. The summed E-state index contributed by atoms with van der Waals surface area (Å²) in [6.07, 6.45) is 0. The van der Waals surface area contributed by atoms with Gasteiger partial charge < -0.3 is 4.57 Å². The number of nitrogens with zero attached hydrogens (tertiary/aromatic N) is 4. The molecule has 0 saturated heterocycles. The van der Waals surface area contributed by atoms with Crippen LogP contribution in [0.5, 0.6) is 0 Å². The zero-order valence-corrected chi connectivity index (χ0v) is 12.1. The van der Waals surface area contributed by atoms with E-state index in [0.717, 1.165) is 22.0 Å². The van der Waals surface area contributed by atoms with Crippen molar-refractivity contribution in [3.63, 3.8) is 0 Å². The summed E-state index contributed by atoms with van der Waals surface area (Å²) in [7, 11) is 1.90. The van der Waals surface area contributed by atoms with Crippen molar-refractivity contribution in [3.8, 4) is 0 Å². The summed E-state index contributed by atoms with van der Waals surface area (Å²) in [5, 5.41) is 5.55. The molecule has 0 bridgehead atoms. The lowest BCUT2D eigenvalue weighted by atomic mass is 10.2. The smallest absolute Gasteiger partial charge is 0.327 e. The first kappa shape index (κ1) is 12.8. The zero-order valence-electron chi connectivity index (χ0n) is 12.1. The van der Waals surface area contributed by atoms with Crippen molar-refractivity contribution in [2.75, 3.05) is 0 Å². The molecule has 4 rings (SSSR count). The van der Waals surface area contributed by atoms with Crippen LogP contribution in [0.4, 0.5) is 0 Å². The number of hydrogen-bond donors (Lipinski definition) is 0. The fourth-order valence-electron chi connectivity index (χ4n) is 2.76. The molecule has 0 N–H and O–H groups in total. The number of fused-ring (bicyclic) bond motifs is 3. The van der Waals surface area contributed by atoms with Gasteiger partial charge in [0, 0.05) is 12.4 Å². The summed E-state index contributed by atoms with van der Waals surface area (Å²) >= 11 is 0.